The van der Waals surface area contributed by atoms with Gasteiger partial charge in [0.25, 0.3) is 0 Å². The number of anilines is 1. The topological polar surface area (TPSA) is 12.0 Å². The maximum absolute atomic E-state index is 3.53. The van der Waals surface area contributed by atoms with Crippen LogP contribution in [0.1, 0.15) is 10.4 Å². The lowest BCUT2D eigenvalue weighted by atomic mass is 10.2. The van der Waals surface area contributed by atoms with Gasteiger partial charge in [-0.1, -0.05) is 28.1 Å². The highest BCUT2D eigenvalue weighted by Crippen LogP contribution is 2.24. The SMILES string of the molecule is Cc1c(Br)cccc1NCc1cccs1. The van der Waals surface area contributed by atoms with Crippen LogP contribution >= 0.6 is 27.3 Å². The van der Waals surface area contributed by atoms with Gasteiger partial charge in [0.2, 0.25) is 0 Å². The fraction of sp³-hybridized carbons (Fsp3) is 0.167. The van der Waals surface area contributed by atoms with Crippen LogP contribution in [-0.4, -0.2) is 0 Å². The first kappa shape index (κ1) is 10.7. The summed E-state index contributed by atoms with van der Waals surface area (Å²) in [6.07, 6.45) is 0. The van der Waals surface area contributed by atoms with E-state index in [1.165, 1.54) is 16.1 Å². The van der Waals surface area contributed by atoms with Crippen LogP contribution in [0.4, 0.5) is 5.69 Å². The summed E-state index contributed by atoms with van der Waals surface area (Å²) in [7, 11) is 0. The van der Waals surface area contributed by atoms with Crippen LogP contribution in [0.5, 0.6) is 0 Å². The zero-order valence-electron chi connectivity index (χ0n) is 8.46. The molecule has 0 bridgehead atoms. The van der Waals surface area contributed by atoms with Crippen LogP contribution in [0, 0.1) is 6.92 Å². The van der Waals surface area contributed by atoms with Crippen molar-refractivity contribution >= 4 is 33.0 Å². The second-order valence-corrected chi connectivity index (χ2v) is 5.23. The van der Waals surface area contributed by atoms with Gasteiger partial charge in [0.05, 0.1) is 0 Å². The Hall–Kier alpha value is -0.800. The van der Waals surface area contributed by atoms with Crippen molar-refractivity contribution in [2.45, 2.75) is 13.5 Å². The maximum Gasteiger partial charge on any atom is 0.0494 e. The van der Waals surface area contributed by atoms with Crippen molar-refractivity contribution < 1.29 is 0 Å². The van der Waals surface area contributed by atoms with E-state index in [4.69, 9.17) is 0 Å². The number of rotatable bonds is 3. The molecule has 1 N–H and O–H groups in total. The Morgan fingerprint density at radius 2 is 2.13 bits per heavy atom. The minimum Gasteiger partial charge on any atom is -0.380 e. The lowest BCUT2D eigenvalue weighted by Crippen LogP contribution is -1.99. The van der Waals surface area contributed by atoms with E-state index in [0.717, 1.165) is 11.0 Å². The molecular formula is C12H12BrNS. The molecule has 0 amide bonds. The summed E-state index contributed by atoms with van der Waals surface area (Å²) >= 11 is 5.31. The van der Waals surface area contributed by atoms with Crippen LogP contribution in [0.15, 0.2) is 40.2 Å². The predicted octanol–water partition coefficient (Wildman–Crippen LogP) is 4.43. The smallest absolute Gasteiger partial charge is 0.0494 e. The molecule has 1 aromatic carbocycles. The lowest BCUT2D eigenvalue weighted by Gasteiger charge is -2.09. The number of hydrogen-bond donors (Lipinski definition) is 1. The van der Waals surface area contributed by atoms with Gasteiger partial charge in [-0.05, 0) is 36.1 Å². The second-order valence-electron chi connectivity index (χ2n) is 3.35. The van der Waals surface area contributed by atoms with Gasteiger partial charge in [-0.25, -0.2) is 0 Å². The molecule has 2 aromatic rings. The minimum atomic E-state index is 0.898. The molecule has 3 heteroatoms. The Morgan fingerprint density at radius 1 is 1.27 bits per heavy atom. The van der Waals surface area contributed by atoms with Crippen LogP contribution in [0.2, 0.25) is 0 Å². The lowest BCUT2D eigenvalue weighted by molar-refractivity contribution is 1.18. The number of halogens is 1. The van der Waals surface area contributed by atoms with Gasteiger partial charge in [0.1, 0.15) is 0 Å². The minimum absolute atomic E-state index is 0.898. The van der Waals surface area contributed by atoms with Crippen molar-refractivity contribution in [2.75, 3.05) is 5.32 Å². The van der Waals surface area contributed by atoms with Crippen molar-refractivity contribution in [1.29, 1.82) is 0 Å². The fourth-order valence-electron chi connectivity index (χ4n) is 1.39. The summed E-state index contributed by atoms with van der Waals surface area (Å²) in [6.45, 7) is 3.01. The number of thiophene rings is 1. The van der Waals surface area contributed by atoms with Crippen LogP contribution < -0.4 is 5.32 Å². The summed E-state index contributed by atoms with van der Waals surface area (Å²) in [5, 5.41) is 5.54. The van der Waals surface area contributed by atoms with E-state index in [1.807, 2.05) is 6.07 Å². The molecule has 0 atom stereocenters. The van der Waals surface area contributed by atoms with Gasteiger partial charge in [-0.15, -0.1) is 11.3 Å². The Balaban J connectivity index is 2.08. The third-order valence-corrected chi connectivity index (χ3v) is 4.04. The van der Waals surface area contributed by atoms with Crippen LogP contribution in [0.25, 0.3) is 0 Å². The monoisotopic (exact) mass is 281 g/mol. The summed E-state index contributed by atoms with van der Waals surface area (Å²) in [5.41, 5.74) is 2.45. The van der Waals surface area contributed by atoms with E-state index in [0.29, 0.717) is 0 Å². The first-order valence-corrected chi connectivity index (χ1v) is 6.46. The van der Waals surface area contributed by atoms with E-state index >= 15 is 0 Å². The van der Waals surface area contributed by atoms with Crippen molar-refractivity contribution in [3.05, 3.63) is 50.6 Å². The first-order valence-electron chi connectivity index (χ1n) is 4.79. The predicted molar refractivity (Wildman–Crippen MR) is 70.5 cm³/mol. The van der Waals surface area contributed by atoms with E-state index in [1.54, 1.807) is 11.3 Å². The van der Waals surface area contributed by atoms with Gasteiger partial charge in [-0.3, -0.25) is 0 Å². The zero-order valence-corrected chi connectivity index (χ0v) is 10.9. The van der Waals surface area contributed by atoms with E-state index in [-0.39, 0.29) is 0 Å². The van der Waals surface area contributed by atoms with E-state index < -0.39 is 0 Å². The zero-order chi connectivity index (χ0) is 10.7. The first-order chi connectivity index (χ1) is 7.27. The van der Waals surface area contributed by atoms with Gasteiger partial charge < -0.3 is 5.32 Å². The normalized spacial score (nSPS) is 10.3. The Kier molecular flexibility index (Phi) is 3.44. The average molecular weight is 282 g/mol. The van der Waals surface area contributed by atoms with Gasteiger partial charge in [0, 0.05) is 21.6 Å². The molecule has 1 aromatic heterocycles. The molecule has 0 radical (unpaired) electrons. The van der Waals surface area contributed by atoms with Crippen molar-refractivity contribution in [3.8, 4) is 0 Å². The average Bonchev–Trinajstić information content (AvgIpc) is 2.73. The highest BCUT2D eigenvalue weighted by atomic mass is 79.9. The third-order valence-electron chi connectivity index (χ3n) is 2.30. The summed E-state index contributed by atoms with van der Waals surface area (Å²) in [4.78, 5) is 1.36. The van der Waals surface area contributed by atoms with Crippen molar-refractivity contribution in [3.63, 3.8) is 0 Å². The van der Waals surface area contributed by atoms with Crippen molar-refractivity contribution in [1.82, 2.24) is 0 Å². The number of hydrogen-bond acceptors (Lipinski definition) is 2. The largest absolute Gasteiger partial charge is 0.380 e. The third kappa shape index (κ3) is 2.61. The molecule has 0 aliphatic carbocycles. The summed E-state index contributed by atoms with van der Waals surface area (Å²) < 4.78 is 1.15. The molecule has 0 aliphatic rings. The fourth-order valence-corrected chi connectivity index (χ4v) is 2.41. The van der Waals surface area contributed by atoms with Gasteiger partial charge in [0.15, 0.2) is 0 Å². The molecule has 1 nitrogen and oxygen atoms in total. The molecule has 0 unspecified atom stereocenters. The molecule has 0 saturated heterocycles. The molecular weight excluding hydrogens is 270 g/mol. The molecule has 15 heavy (non-hydrogen) atoms. The second kappa shape index (κ2) is 4.81. The molecule has 0 spiro atoms. The standard InChI is InChI=1S/C12H12BrNS/c1-9-11(13)5-2-6-12(9)14-8-10-4-3-7-15-10/h2-7,14H,8H2,1H3. The number of nitrogens with one attached hydrogen (secondary N) is 1. The quantitative estimate of drug-likeness (QED) is 0.878. The molecule has 78 valence electrons. The van der Waals surface area contributed by atoms with E-state index in [2.05, 4.69) is 57.8 Å². The molecule has 2 rings (SSSR count). The molecule has 0 fully saturated rings. The highest BCUT2D eigenvalue weighted by Gasteiger charge is 2.01. The van der Waals surface area contributed by atoms with Crippen LogP contribution in [-0.2, 0) is 6.54 Å². The maximum atomic E-state index is 3.53. The van der Waals surface area contributed by atoms with Crippen molar-refractivity contribution in [2.24, 2.45) is 0 Å². The van der Waals surface area contributed by atoms with E-state index in [9.17, 15) is 0 Å². The Labute approximate surface area is 102 Å². The van der Waals surface area contributed by atoms with Gasteiger partial charge in [-0.2, -0.15) is 0 Å². The highest BCUT2D eigenvalue weighted by molar-refractivity contribution is 9.10. The Bertz CT molecular complexity index is 437. The molecule has 1 heterocycles. The number of benzene rings is 1. The molecule has 0 aliphatic heterocycles. The molecule has 0 saturated carbocycles. The van der Waals surface area contributed by atoms with Crippen LogP contribution in [0.3, 0.4) is 0 Å². The Morgan fingerprint density at radius 3 is 2.87 bits per heavy atom. The van der Waals surface area contributed by atoms with Gasteiger partial charge >= 0.3 is 0 Å². The summed E-state index contributed by atoms with van der Waals surface area (Å²) in [6, 6.07) is 10.4. The summed E-state index contributed by atoms with van der Waals surface area (Å²) in [5.74, 6) is 0.